The first-order valence-electron chi connectivity index (χ1n) is 7.64. The van der Waals surface area contributed by atoms with Crippen LogP contribution in [0.2, 0.25) is 0 Å². The molecular weight excluding hydrogens is 280 g/mol. The molecule has 0 spiro atoms. The van der Waals surface area contributed by atoms with Crippen molar-refractivity contribution in [3.63, 3.8) is 0 Å². The fraction of sp³-hybridized carbons (Fsp3) is 0.333. The van der Waals surface area contributed by atoms with Gasteiger partial charge in [0.15, 0.2) is 5.78 Å². The number of para-hydroxylation sites is 1. The van der Waals surface area contributed by atoms with Crippen molar-refractivity contribution in [1.82, 2.24) is 0 Å². The van der Waals surface area contributed by atoms with Crippen molar-refractivity contribution in [2.75, 3.05) is 0 Å². The Morgan fingerprint density at radius 1 is 1.18 bits per heavy atom. The van der Waals surface area contributed by atoms with Crippen LogP contribution in [0.15, 0.2) is 45.6 Å². The van der Waals surface area contributed by atoms with E-state index in [1.54, 1.807) is 24.3 Å². The Morgan fingerprint density at radius 2 is 1.91 bits per heavy atom. The number of hydrogen-bond acceptors (Lipinski definition) is 4. The molecule has 0 aliphatic heterocycles. The van der Waals surface area contributed by atoms with Gasteiger partial charge in [-0.1, -0.05) is 37.5 Å². The molecular formula is C18H18O4. The minimum Gasteiger partial charge on any atom is -0.506 e. The number of rotatable bonds is 3. The molecule has 0 unspecified atom stereocenters. The number of ketones is 1. The highest BCUT2D eigenvalue weighted by Crippen LogP contribution is 2.27. The Labute approximate surface area is 128 Å². The van der Waals surface area contributed by atoms with Gasteiger partial charge in [-0.3, -0.25) is 4.79 Å². The predicted octanol–water partition coefficient (Wildman–Crippen LogP) is 3.82. The zero-order valence-corrected chi connectivity index (χ0v) is 12.2. The molecule has 0 bridgehead atoms. The summed E-state index contributed by atoms with van der Waals surface area (Å²) in [5.41, 5.74) is -0.807. The second-order valence-corrected chi connectivity index (χ2v) is 5.73. The van der Waals surface area contributed by atoms with Crippen molar-refractivity contribution in [2.24, 2.45) is 5.92 Å². The molecule has 1 aliphatic carbocycles. The fourth-order valence-corrected chi connectivity index (χ4v) is 2.98. The van der Waals surface area contributed by atoms with Gasteiger partial charge in [-0.25, -0.2) is 4.79 Å². The second-order valence-electron chi connectivity index (χ2n) is 5.73. The van der Waals surface area contributed by atoms with Gasteiger partial charge in [0.1, 0.15) is 16.9 Å². The molecule has 1 fully saturated rings. The van der Waals surface area contributed by atoms with Gasteiger partial charge in [0.05, 0.1) is 5.39 Å². The van der Waals surface area contributed by atoms with Gasteiger partial charge in [-0.05, 0) is 37.0 Å². The number of fused-ring (bicyclic) bond motifs is 1. The molecule has 1 aromatic carbocycles. The number of aromatic hydroxyl groups is 1. The van der Waals surface area contributed by atoms with Gasteiger partial charge < -0.3 is 9.52 Å². The Bertz CT molecular complexity index is 779. The van der Waals surface area contributed by atoms with Gasteiger partial charge in [0.25, 0.3) is 0 Å². The van der Waals surface area contributed by atoms with Crippen LogP contribution in [-0.4, -0.2) is 10.9 Å². The Hall–Kier alpha value is -2.36. The maximum atomic E-state index is 12.3. The van der Waals surface area contributed by atoms with Crippen LogP contribution in [0, 0.1) is 5.92 Å². The molecule has 0 saturated heterocycles. The summed E-state index contributed by atoms with van der Waals surface area (Å²) in [4.78, 5) is 24.2. The number of carbonyl (C=O) groups is 1. The number of hydrogen-bond donors (Lipinski definition) is 1. The van der Waals surface area contributed by atoms with Crippen molar-refractivity contribution < 1.29 is 14.3 Å². The summed E-state index contributed by atoms with van der Waals surface area (Å²) in [5, 5.41) is 10.6. The van der Waals surface area contributed by atoms with E-state index in [4.69, 9.17) is 4.42 Å². The molecule has 1 N–H and O–H groups in total. The molecule has 1 heterocycles. The first kappa shape index (κ1) is 14.6. The van der Waals surface area contributed by atoms with Crippen LogP contribution in [0.5, 0.6) is 5.75 Å². The molecule has 1 aliphatic rings. The Morgan fingerprint density at radius 3 is 2.68 bits per heavy atom. The van der Waals surface area contributed by atoms with E-state index in [0.29, 0.717) is 11.3 Å². The van der Waals surface area contributed by atoms with E-state index in [1.807, 2.05) is 6.08 Å². The smallest absolute Gasteiger partial charge is 0.351 e. The van der Waals surface area contributed by atoms with Crippen molar-refractivity contribution in [3.05, 3.63) is 52.4 Å². The van der Waals surface area contributed by atoms with Gasteiger partial charge in [-0.2, -0.15) is 0 Å². The maximum Gasteiger partial charge on any atom is 0.351 e. The largest absolute Gasteiger partial charge is 0.506 e. The molecule has 0 amide bonds. The summed E-state index contributed by atoms with van der Waals surface area (Å²) in [5.74, 6) is -0.417. The standard InChI is InChI=1S/C18H18O4/c19-14(11-10-12-6-2-1-3-7-12)16-17(20)13-8-4-5-9-15(13)22-18(16)21/h4-5,8-12,20H,1-3,6-7H2/b11-10+. The lowest BCUT2D eigenvalue weighted by molar-refractivity contribution is 0.104. The SMILES string of the molecule is O=C(/C=C/C1CCCCC1)c1c(O)c2ccccc2oc1=O. The first-order chi connectivity index (χ1) is 10.7. The third kappa shape index (κ3) is 2.82. The van der Waals surface area contributed by atoms with Crippen LogP contribution in [0.1, 0.15) is 42.5 Å². The lowest BCUT2D eigenvalue weighted by atomic mass is 9.89. The number of benzene rings is 1. The van der Waals surface area contributed by atoms with Gasteiger partial charge >= 0.3 is 5.63 Å². The lowest BCUT2D eigenvalue weighted by Crippen LogP contribution is -2.13. The van der Waals surface area contributed by atoms with Gasteiger partial charge in [0.2, 0.25) is 0 Å². The second kappa shape index (κ2) is 6.18. The van der Waals surface area contributed by atoms with Gasteiger partial charge in [-0.15, -0.1) is 0 Å². The fourth-order valence-electron chi connectivity index (χ4n) is 2.98. The van der Waals surface area contributed by atoms with E-state index in [-0.39, 0.29) is 16.9 Å². The monoisotopic (exact) mass is 298 g/mol. The van der Waals surface area contributed by atoms with E-state index >= 15 is 0 Å². The van der Waals surface area contributed by atoms with E-state index in [9.17, 15) is 14.7 Å². The highest BCUT2D eigenvalue weighted by molar-refractivity contribution is 6.08. The summed E-state index contributed by atoms with van der Waals surface area (Å²) in [7, 11) is 0. The lowest BCUT2D eigenvalue weighted by Gasteiger charge is -2.17. The van der Waals surface area contributed by atoms with E-state index < -0.39 is 11.4 Å². The van der Waals surface area contributed by atoms with Crippen LogP contribution in [0.3, 0.4) is 0 Å². The summed E-state index contributed by atoms with van der Waals surface area (Å²) in [6, 6.07) is 6.63. The molecule has 4 heteroatoms. The summed E-state index contributed by atoms with van der Waals surface area (Å²) in [6.45, 7) is 0. The van der Waals surface area contributed by atoms with Crippen LogP contribution < -0.4 is 5.63 Å². The molecule has 114 valence electrons. The molecule has 3 rings (SSSR count). The zero-order valence-electron chi connectivity index (χ0n) is 12.2. The van der Waals surface area contributed by atoms with Crippen molar-refractivity contribution in [1.29, 1.82) is 0 Å². The first-order valence-corrected chi connectivity index (χ1v) is 7.64. The number of allylic oxidation sites excluding steroid dienone is 2. The molecule has 4 nitrogen and oxygen atoms in total. The van der Waals surface area contributed by atoms with Crippen molar-refractivity contribution in [2.45, 2.75) is 32.1 Å². The highest BCUT2D eigenvalue weighted by Gasteiger charge is 2.19. The zero-order chi connectivity index (χ0) is 15.5. The molecule has 1 saturated carbocycles. The molecule has 2 aromatic rings. The maximum absolute atomic E-state index is 12.3. The van der Waals surface area contributed by atoms with E-state index in [0.717, 1.165) is 12.8 Å². The van der Waals surface area contributed by atoms with Crippen molar-refractivity contribution >= 4 is 16.8 Å². The molecule has 22 heavy (non-hydrogen) atoms. The van der Waals surface area contributed by atoms with E-state index in [1.165, 1.54) is 25.3 Å². The minimum atomic E-state index is -0.797. The number of carbonyl (C=O) groups excluding carboxylic acids is 1. The third-order valence-corrected chi connectivity index (χ3v) is 4.20. The van der Waals surface area contributed by atoms with Crippen LogP contribution >= 0.6 is 0 Å². The van der Waals surface area contributed by atoms with Crippen LogP contribution in [-0.2, 0) is 0 Å². The normalized spacial score (nSPS) is 16.4. The Balaban J connectivity index is 1.93. The topological polar surface area (TPSA) is 67.5 Å². The Kier molecular flexibility index (Phi) is 4.09. The summed E-state index contributed by atoms with van der Waals surface area (Å²) < 4.78 is 5.12. The molecule has 0 radical (unpaired) electrons. The van der Waals surface area contributed by atoms with E-state index in [2.05, 4.69) is 0 Å². The average Bonchev–Trinajstić information content (AvgIpc) is 2.54. The van der Waals surface area contributed by atoms with Crippen molar-refractivity contribution in [3.8, 4) is 5.75 Å². The quantitative estimate of drug-likeness (QED) is 0.531. The average molecular weight is 298 g/mol. The van der Waals surface area contributed by atoms with Crippen LogP contribution in [0.25, 0.3) is 11.0 Å². The third-order valence-electron chi connectivity index (χ3n) is 4.20. The minimum absolute atomic E-state index is 0.276. The molecule has 0 atom stereocenters. The molecule has 1 aromatic heterocycles. The summed E-state index contributed by atoms with van der Waals surface area (Å²) in [6.07, 6.45) is 8.99. The predicted molar refractivity (Wildman–Crippen MR) is 84.2 cm³/mol. The summed E-state index contributed by atoms with van der Waals surface area (Å²) >= 11 is 0. The highest BCUT2D eigenvalue weighted by atomic mass is 16.4. The van der Waals surface area contributed by atoms with Crippen LogP contribution in [0.4, 0.5) is 0 Å². The van der Waals surface area contributed by atoms with Gasteiger partial charge in [0, 0.05) is 0 Å².